The Bertz CT molecular complexity index is 534. The molecule has 4 heteroatoms. The Morgan fingerprint density at radius 3 is 2.60 bits per heavy atom. The zero-order valence-electron chi connectivity index (χ0n) is 8.60. The van der Waals surface area contributed by atoms with Crippen LogP contribution in [0.3, 0.4) is 0 Å². The van der Waals surface area contributed by atoms with Crippen molar-refractivity contribution in [2.45, 2.75) is 13.8 Å². The van der Waals surface area contributed by atoms with Crippen molar-refractivity contribution in [3.05, 3.63) is 41.5 Å². The molecular weight excluding hydrogens is 188 g/mol. The molecule has 4 nitrogen and oxygen atoms in total. The lowest BCUT2D eigenvalue weighted by Gasteiger charge is -2.03. The molecular formula is C11H10N4. The molecule has 0 radical (unpaired) electrons. The van der Waals surface area contributed by atoms with Crippen LogP contribution in [0.1, 0.15) is 17.2 Å². The van der Waals surface area contributed by atoms with Crippen LogP contribution in [0.25, 0.3) is 5.69 Å². The van der Waals surface area contributed by atoms with Crippen molar-refractivity contribution in [1.82, 2.24) is 14.8 Å². The number of aryl methyl sites for hydroxylation is 2. The Kier molecular flexibility index (Phi) is 2.22. The molecule has 1 aromatic heterocycles. The van der Waals surface area contributed by atoms with E-state index in [2.05, 4.69) is 16.2 Å². The van der Waals surface area contributed by atoms with Crippen molar-refractivity contribution in [1.29, 1.82) is 5.26 Å². The van der Waals surface area contributed by atoms with Crippen molar-refractivity contribution in [3.8, 4) is 11.8 Å². The number of nitrogens with zero attached hydrogens (tertiary/aromatic N) is 4. The van der Waals surface area contributed by atoms with E-state index in [-0.39, 0.29) is 0 Å². The van der Waals surface area contributed by atoms with Crippen LogP contribution in [0, 0.1) is 25.2 Å². The monoisotopic (exact) mass is 198 g/mol. The van der Waals surface area contributed by atoms with Gasteiger partial charge in [0.05, 0.1) is 11.3 Å². The highest BCUT2D eigenvalue weighted by atomic mass is 15.3. The normalized spacial score (nSPS) is 9.93. The van der Waals surface area contributed by atoms with Crippen LogP contribution >= 0.6 is 0 Å². The van der Waals surface area contributed by atoms with Gasteiger partial charge in [0.15, 0.2) is 0 Å². The van der Waals surface area contributed by atoms with Crippen LogP contribution < -0.4 is 0 Å². The quantitative estimate of drug-likeness (QED) is 0.701. The molecule has 0 bridgehead atoms. The van der Waals surface area contributed by atoms with Gasteiger partial charge in [-0.05, 0) is 26.0 Å². The standard InChI is InChI=1S/C11H10N4/c1-8-13-9(2)15(14-8)11-6-4-3-5-10(11)7-12/h3-6H,1-2H3. The van der Waals surface area contributed by atoms with Crippen LogP contribution in [0.2, 0.25) is 0 Å². The third-order valence-electron chi connectivity index (χ3n) is 2.13. The van der Waals surface area contributed by atoms with Crippen LogP contribution in [0.15, 0.2) is 24.3 Å². The highest BCUT2D eigenvalue weighted by molar-refractivity contribution is 5.48. The summed E-state index contributed by atoms with van der Waals surface area (Å²) in [6.45, 7) is 3.70. The largest absolute Gasteiger partial charge is 0.217 e. The molecule has 0 aliphatic heterocycles. The number of para-hydroxylation sites is 1. The van der Waals surface area contributed by atoms with Crippen LogP contribution in [-0.4, -0.2) is 14.8 Å². The molecule has 0 aliphatic carbocycles. The fourth-order valence-corrected chi connectivity index (χ4v) is 1.50. The SMILES string of the molecule is Cc1nc(C)n(-c2ccccc2C#N)n1. The summed E-state index contributed by atoms with van der Waals surface area (Å²) < 4.78 is 1.69. The zero-order chi connectivity index (χ0) is 10.8. The Balaban J connectivity index is 2.64. The minimum atomic E-state index is 0.602. The molecule has 0 saturated carbocycles. The van der Waals surface area contributed by atoms with E-state index in [4.69, 9.17) is 5.26 Å². The van der Waals surface area contributed by atoms with Gasteiger partial charge in [0.2, 0.25) is 0 Å². The first kappa shape index (κ1) is 9.41. The second-order valence-electron chi connectivity index (χ2n) is 3.25. The third-order valence-corrected chi connectivity index (χ3v) is 2.13. The molecule has 0 fully saturated rings. The molecule has 1 aromatic carbocycles. The van der Waals surface area contributed by atoms with E-state index in [0.29, 0.717) is 11.4 Å². The minimum absolute atomic E-state index is 0.602. The zero-order valence-corrected chi connectivity index (χ0v) is 8.60. The molecule has 2 rings (SSSR count). The van der Waals surface area contributed by atoms with Gasteiger partial charge in [-0.25, -0.2) is 9.67 Å². The van der Waals surface area contributed by atoms with Gasteiger partial charge in [0, 0.05) is 0 Å². The number of hydrogen-bond acceptors (Lipinski definition) is 3. The smallest absolute Gasteiger partial charge is 0.148 e. The second-order valence-corrected chi connectivity index (χ2v) is 3.25. The number of benzene rings is 1. The van der Waals surface area contributed by atoms with Crippen LogP contribution in [0.4, 0.5) is 0 Å². The van der Waals surface area contributed by atoms with E-state index in [0.717, 1.165) is 11.5 Å². The Morgan fingerprint density at radius 2 is 2.00 bits per heavy atom. The molecule has 0 saturated heterocycles. The summed E-state index contributed by atoms with van der Waals surface area (Å²) in [4.78, 5) is 4.21. The summed E-state index contributed by atoms with van der Waals surface area (Å²) in [5.41, 5.74) is 1.38. The van der Waals surface area contributed by atoms with Crippen molar-refractivity contribution < 1.29 is 0 Å². The lowest BCUT2D eigenvalue weighted by Crippen LogP contribution is -2.01. The topological polar surface area (TPSA) is 54.5 Å². The van der Waals surface area contributed by atoms with Gasteiger partial charge in [0.25, 0.3) is 0 Å². The van der Waals surface area contributed by atoms with E-state index < -0.39 is 0 Å². The van der Waals surface area contributed by atoms with Gasteiger partial charge < -0.3 is 0 Å². The summed E-state index contributed by atoms with van der Waals surface area (Å²) >= 11 is 0. The van der Waals surface area contributed by atoms with Gasteiger partial charge >= 0.3 is 0 Å². The maximum atomic E-state index is 8.97. The molecule has 0 amide bonds. The van der Waals surface area contributed by atoms with E-state index in [1.807, 2.05) is 32.0 Å². The van der Waals surface area contributed by atoms with Crippen molar-refractivity contribution in [2.75, 3.05) is 0 Å². The summed E-state index contributed by atoms with van der Waals surface area (Å²) in [7, 11) is 0. The lowest BCUT2D eigenvalue weighted by molar-refractivity contribution is 0.829. The van der Waals surface area contributed by atoms with Gasteiger partial charge in [-0.2, -0.15) is 10.4 Å². The number of rotatable bonds is 1. The van der Waals surface area contributed by atoms with E-state index >= 15 is 0 Å². The summed E-state index contributed by atoms with van der Waals surface area (Å²) in [5.74, 6) is 1.50. The van der Waals surface area contributed by atoms with E-state index in [1.54, 1.807) is 10.7 Å². The van der Waals surface area contributed by atoms with Crippen molar-refractivity contribution >= 4 is 0 Å². The van der Waals surface area contributed by atoms with Crippen molar-refractivity contribution in [3.63, 3.8) is 0 Å². The van der Waals surface area contributed by atoms with Crippen molar-refractivity contribution in [2.24, 2.45) is 0 Å². The minimum Gasteiger partial charge on any atom is -0.217 e. The Labute approximate surface area is 87.8 Å². The molecule has 0 unspecified atom stereocenters. The molecule has 2 aromatic rings. The molecule has 0 spiro atoms. The lowest BCUT2D eigenvalue weighted by atomic mass is 10.2. The molecule has 0 N–H and O–H groups in total. The first-order valence-corrected chi connectivity index (χ1v) is 4.62. The Morgan fingerprint density at radius 1 is 1.27 bits per heavy atom. The molecule has 74 valence electrons. The van der Waals surface area contributed by atoms with Gasteiger partial charge in [-0.3, -0.25) is 0 Å². The average Bonchev–Trinajstić information content (AvgIpc) is 2.57. The predicted octanol–water partition coefficient (Wildman–Crippen LogP) is 1.76. The molecule has 15 heavy (non-hydrogen) atoms. The molecule has 1 heterocycles. The van der Waals surface area contributed by atoms with E-state index in [1.165, 1.54) is 0 Å². The Hall–Kier alpha value is -2.15. The highest BCUT2D eigenvalue weighted by Crippen LogP contribution is 2.13. The van der Waals surface area contributed by atoms with Crippen LogP contribution in [0.5, 0.6) is 0 Å². The third kappa shape index (κ3) is 1.59. The average molecular weight is 198 g/mol. The summed E-state index contributed by atoms with van der Waals surface area (Å²) in [6.07, 6.45) is 0. The maximum absolute atomic E-state index is 8.97. The van der Waals surface area contributed by atoms with Gasteiger partial charge in [-0.1, -0.05) is 12.1 Å². The first-order chi connectivity index (χ1) is 7.22. The number of hydrogen-bond donors (Lipinski definition) is 0. The number of aromatic nitrogens is 3. The molecule has 0 aliphatic rings. The van der Waals surface area contributed by atoms with Gasteiger partial charge in [-0.15, -0.1) is 0 Å². The summed E-state index contributed by atoms with van der Waals surface area (Å²) in [5, 5.41) is 13.2. The second kappa shape index (κ2) is 3.54. The highest BCUT2D eigenvalue weighted by Gasteiger charge is 2.08. The van der Waals surface area contributed by atoms with Crippen LogP contribution in [-0.2, 0) is 0 Å². The summed E-state index contributed by atoms with van der Waals surface area (Å²) in [6, 6.07) is 9.49. The number of nitriles is 1. The fraction of sp³-hybridized carbons (Fsp3) is 0.182. The molecule has 0 atom stereocenters. The fourth-order valence-electron chi connectivity index (χ4n) is 1.50. The van der Waals surface area contributed by atoms with Gasteiger partial charge in [0.1, 0.15) is 17.7 Å². The first-order valence-electron chi connectivity index (χ1n) is 4.62. The maximum Gasteiger partial charge on any atom is 0.148 e. The van der Waals surface area contributed by atoms with E-state index in [9.17, 15) is 0 Å². The predicted molar refractivity (Wildman–Crippen MR) is 55.5 cm³/mol.